The molecule has 0 aliphatic heterocycles. The van der Waals surface area contributed by atoms with Crippen molar-refractivity contribution in [3.05, 3.63) is 83.9 Å². The van der Waals surface area contributed by atoms with Gasteiger partial charge in [-0.3, -0.25) is 9.52 Å². The quantitative estimate of drug-likeness (QED) is 0.463. The van der Waals surface area contributed by atoms with Crippen molar-refractivity contribution in [3.8, 4) is 5.75 Å². The molecule has 3 aromatic rings. The van der Waals surface area contributed by atoms with E-state index in [4.69, 9.17) is 4.74 Å². The predicted octanol–water partition coefficient (Wildman–Crippen LogP) is 4.96. The lowest BCUT2D eigenvalue weighted by atomic mass is 10.2. The number of halogens is 5. The average Bonchev–Trinajstić information content (AvgIpc) is 2.74. The molecule has 1 amide bonds. The molecule has 0 saturated carbocycles. The van der Waals surface area contributed by atoms with Crippen LogP contribution in [0.3, 0.4) is 0 Å². The van der Waals surface area contributed by atoms with Crippen LogP contribution in [0.15, 0.2) is 71.6 Å². The molecule has 0 saturated heterocycles. The second-order valence-electron chi connectivity index (χ2n) is 6.61. The summed E-state index contributed by atoms with van der Waals surface area (Å²) < 4.78 is 95.1. The van der Waals surface area contributed by atoms with Gasteiger partial charge in [0, 0.05) is 11.3 Å². The highest BCUT2D eigenvalue weighted by Crippen LogP contribution is 2.27. The first-order chi connectivity index (χ1) is 15.4. The molecule has 2 N–H and O–H groups in total. The van der Waals surface area contributed by atoms with E-state index in [1.165, 1.54) is 48.5 Å². The van der Waals surface area contributed by atoms with E-state index < -0.39 is 45.2 Å². The number of carbonyl (C=O) groups excluding carboxylic acids is 1. The van der Waals surface area contributed by atoms with Crippen molar-refractivity contribution in [1.29, 1.82) is 0 Å². The summed E-state index contributed by atoms with van der Waals surface area (Å²) in [7, 11) is -4.22. The van der Waals surface area contributed by atoms with Crippen LogP contribution in [0.4, 0.5) is 33.3 Å². The summed E-state index contributed by atoms with van der Waals surface area (Å²) in [5.74, 6) is -3.40. The molecular weight excluding hydrogens is 471 g/mol. The molecule has 0 radical (unpaired) electrons. The fraction of sp³-hybridized carbons (Fsp3) is 0.0952. The maximum atomic E-state index is 13.3. The summed E-state index contributed by atoms with van der Waals surface area (Å²) in [5.41, 5.74) is 0.108. The Labute approximate surface area is 185 Å². The molecular formula is C21H15F5N2O4S. The maximum Gasteiger partial charge on any atom is 0.422 e. The van der Waals surface area contributed by atoms with E-state index in [1.54, 1.807) is 0 Å². The van der Waals surface area contributed by atoms with Crippen molar-refractivity contribution >= 4 is 27.3 Å². The number of sulfonamides is 1. The van der Waals surface area contributed by atoms with Gasteiger partial charge in [-0.15, -0.1) is 0 Å². The number of amides is 1. The van der Waals surface area contributed by atoms with Gasteiger partial charge in [0.15, 0.2) is 18.2 Å². The van der Waals surface area contributed by atoms with Gasteiger partial charge in [0.05, 0.1) is 10.6 Å². The molecule has 6 nitrogen and oxygen atoms in total. The number of alkyl halides is 3. The van der Waals surface area contributed by atoms with Gasteiger partial charge >= 0.3 is 6.18 Å². The average molecular weight is 486 g/mol. The monoisotopic (exact) mass is 486 g/mol. The van der Waals surface area contributed by atoms with Crippen LogP contribution in [0.1, 0.15) is 10.4 Å². The lowest BCUT2D eigenvalue weighted by molar-refractivity contribution is -0.153. The predicted molar refractivity (Wildman–Crippen MR) is 110 cm³/mol. The van der Waals surface area contributed by atoms with Crippen LogP contribution >= 0.6 is 0 Å². The second-order valence-corrected chi connectivity index (χ2v) is 8.30. The largest absolute Gasteiger partial charge is 0.482 e. The molecule has 3 aromatic carbocycles. The first-order valence-corrected chi connectivity index (χ1v) is 10.6. The summed E-state index contributed by atoms with van der Waals surface area (Å²) in [5, 5.41) is 2.42. The van der Waals surface area contributed by atoms with E-state index in [1.807, 2.05) is 0 Å². The topological polar surface area (TPSA) is 84.5 Å². The minimum absolute atomic E-state index is 0.00913. The minimum Gasteiger partial charge on any atom is -0.482 e. The van der Waals surface area contributed by atoms with Crippen LogP contribution in [0.5, 0.6) is 5.75 Å². The van der Waals surface area contributed by atoms with Gasteiger partial charge in [-0.2, -0.15) is 13.2 Å². The molecule has 0 atom stereocenters. The summed E-state index contributed by atoms with van der Waals surface area (Å²) in [6.45, 7) is -1.54. The standard InChI is InChI=1S/C21H15F5N2O4S/c22-16-10-9-15(11-17(16)23)33(30,31)28-14-7-5-13(6-8-14)20(29)27-18-3-1-2-4-19(18)32-12-21(24,25)26/h1-11,28H,12H2,(H,27,29). The number of hydrogen-bond acceptors (Lipinski definition) is 4. The summed E-state index contributed by atoms with van der Waals surface area (Å²) in [4.78, 5) is 11.9. The van der Waals surface area contributed by atoms with Crippen molar-refractivity contribution in [3.63, 3.8) is 0 Å². The molecule has 3 rings (SSSR count). The molecule has 0 bridgehead atoms. The van der Waals surface area contributed by atoms with Gasteiger partial charge in [0.25, 0.3) is 15.9 Å². The third kappa shape index (κ3) is 6.42. The zero-order valence-corrected chi connectivity index (χ0v) is 17.3. The molecule has 0 fully saturated rings. The SMILES string of the molecule is O=C(Nc1ccccc1OCC(F)(F)F)c1ccc(NS(=O)(=O)c2ccc(F)c(F)c2)cc1. The van der Waals surface area contributed by atoms with E-state index in [9.17, 15) is 35.2 Å². The molecule has 0 aliphatic rings. The number of carbonyl (C=O) groups is 1. The van der Waals surface area contributed by atoms with E-state index in [0.29, 0.717) is 12.1 Å². The first kappa shape index (κ1) is 24.0. The smallest absolute Gasteiger partial charge is 0.422 e. The Balaban J connectivity index is 1.70. The van der Waals surface area contributed by atoms with Gasteiger partial charge in [-0.05, 0) is 54.6 Å². The lowest BCUT2D eigenvalue weighted by Gasteiger charge is -2.14. The Kier molecular flexibility index (Phi) is 6.86. The normalized spacial score (nSPS) is 11.7. The van der Waals surface area contributed by atoms with E-state index in [0.717, 1.165) is 6.07 Å². The molecule has 12 heteroatoms. The Morgan fingerprint density at radius 1 is 0.909 bits per heavy atom. The van der Waals surface area contributed by atoms with Gasteiger partial charge in [0.1, 0.15) is 5.75 Å². The van der Waals surface area contributed by atoms with Crippen LogP contribution in [0.2, 0.25) is 0 Å². The number of nitrogens with one attached hydrogen (secondary N) is 2. The van der Waals surface area contributed by atoms with Crippen molar-refractivity contribution in [2.75, 3.05) is 16.6 Å². The highest BCUT2D eigenvalue weighted by molar-refractivity contribution is 7.92. The third-order valence-corrected chi connectivity index (χ3v) is 5.51. The first-order valence-electron chi connectivity index (χ1n) is 9.12. The summed E-state index contributed by atoms with van der Waals surface area (Å²) in [6.07, 6.45) is -4.56. The summed E-state index contributed by atoms with van der Waals surface area (Å²) >= 11 is 0. The van der Waals surface area contributed by atoms with Crippen LogP contribution in [-0.2, 0) is 10.0 Å². The molecule has 0 heterocycles. The number of benzene rings is 3. The van der Waals surface area contributed by atoms with Crippen molar-refractivity contribution in [2.45, 2.75) is 11.1 Å². The summed E-state index contributed by atoms with van der Waals surface area (Å²) in [6, 6.07) is 12.7. The van der Waals surface area contributed by atoms with Crippen LogP contribution in [0, 0.1) is 11.6 Å². The number of hydrogen-bond donors (Lipinski definition) is 2. The number of rotatable bonds is 7. The van der Waals surface area contributed by atoms with Crippen LogP contribution in [0.25, 0.3) is 0 Å². The Hall–Kier alpha value is -3.67. The Bertz CT molecular complexity index is 1260. The van der Waals surface area contributed by atoms with E-state index in [2.05, 4.69) is 10.0 Å². The lowest BCUT2D eigenvalue weighted by Crippen LogP contribution is -2.20. The fourth-order valence-corrected chi connectivity index (χ4v) is 3.67. The maximum absolute atomic E-state index is 13.3. The van der Waals surface area contributed by atoms with Crippen molar-refractivity contribution in [1.82, 2.24) is 0 Å². The van der Waals surface area contributed by atoms with Crippen molar-refractivity contribution in [2.24, 2.45) is 0 Å². The van der Waals surface area contributed by atoms with E-state index in [-0.39, 0.29) is 22.7 Å². The minimum atomic E-state index is -4.56. The van der Waals surface area contributed by atoms with Gasteiger partial charge in [-0.1, -0.05) is 12.1 Å². The molecule has 0 spiro atoms. The number of anilines is 2. The highest BCUT2D eigenvalue weighted by Gasteiger charge is 2.29. The number of para-hydroxylation sites is 2. The molecule has 0 unspecified atom stereocenters. The third-order valence-electron chi connectivity index (χ3n) is 4.13. The zero-order chi connectivity index (χ0) is 24.2. The van der Waals surface area contributed by atoms with E-state index >= 15 is 0 Å². The van der Waals surface area contributed by atoms with Crippen LogP contribution < -0.4 is 14.8 Å². The highest BCUT2D eigenvalue weighted by atomic mass is 32.2. The molecule has 174 valence electrons. The zero-order valence-electron chi connectivity index (χ0n) is 16.5. The molecule has 0 aromatic heterocycles. The number of ether oxygens (including phenoxy) is 1. The van der Waals surface area contributed by atoms with Crippen LogP contribution in [-0.4, -0.2) is 27.1 Å². The Morgan fingerprint density at radius 3 is 2.21 bits per heavy atom. The van der Waals surface area contributed by atoms with Crippen molar-refractivity contribution < 1.29 is 39.9 Å². The second kappa shape index (κ2) is 9.45. The molecule has 33 heavy (non-hydrogen) atoms. The molecule has 0 aliphatic carbocycles. The van der Waals surface area contributed by atoms with Gasteiger partial charge < -0.3 is 10.1 Å². The Morgan fingerprint density at radius 2 is 1.58 bits per heavy atom. The van der Waals surface area contributed by atoms with Gasteiger partial charge in [-0.25, -0.2) is 17.2 Å². The van der Waals surface area contributed by atoms with Gasteiger partial charge in [0.2, 0.25) is 0 Å². The fourth-order valence-electron chi connectivity index (χ4n) is 2.60.